The molecule has 0 saturated heterocycles. The van der Waals surface area contributed by atoms with E-state index in [1.54, 1.807) is 0 Å². The lowest BCUT2D eigenvalue weighted by Gasteiger charge is -2.03. The van der Waals surface area contributed by atoms with E-state index in [1.165, 1.54) is 6.08 Å². The molecule has 0 aromatic heterocycles. The highest BCUT2D eigenvalue weighted by Crippen LogP contribution is 1.86. The van der Waals surface area contributed by atoms with Crippen LogP contribution in [0, 0.1) is 0 Å². The van der Waals surface area contributed by atoms with Crippen LogP contribution in [0.1, 0.15) is 6.92 Å². The van der Waals surface area contributed by atoms with Crippen molar-refractivity contribution in [3.8, 4) is 0 Å². The molecule has 0 aliphatic carbocycles. The summed E-state index contributed by atoms with van der Waals surface area (Å²) in [5.74, 6) is -0.172. The first-order valence-corrected chi connectivity index (χ1v) is 3.79. The lowest BCUT2D eigenvalue weighted by Crippen LogP contribution is -2.25. The zero-order chi connectivity index (χ0) is 9.40. The van der Waals surface area contributed by atoms with Gasteiger partial charge in [0.15, 0.2) is 0 Å². The molecular weight excluding hydrogens is 154 g/mol. The summed E-state index contributed by atoms with van der Waals surface area (Å²) in [6, 6.07) is 0. The molecule has 0 aliphatic heterocycles. The van der Waals surface area contributed by atoms with Crippen molar-refractivity contribution >= 4 is 5.91 Å². The third-order valence-electron chi connectivity index (χ3n) is 1.08. The molecule has 0 spiro atoms. The van der Waals surface area contributed by atoms with Gasteiger partial charge >= 0.3 is 0 Å². The Labute approximate surface area is 73.1 Å². The first-order chi connectivity index (χ1) is 5.66. The van der Waals surface area contributed by atoms with E-state index in [0.717, 1.165) is 5.57 Å². The highest BCUT2D eigenvalue weighted by molar-refractivity contribution is 5.86. The molecular formula is C9H15NO2. The molecule has 0 rings (SSSR count). The number of amides is 1. The molecule has 0 radical (unpaired) electrons. The number of ether oxygens (including phenoxy) is 1. The van der Waals surface area contributed by atoms with Gasteiger partial charge in [-0.3, -0.25) is 4.79 Å². The Morgan fingerprint density at radius 2 is 2.33 bits per heavy atom. The Morgan fingerprint density at radius 1 is 1.67 bits per heavy atom. The Kier molecular flexibility index (Phi) is 6.01. The van der Waals surface area contributed by atoms with Crippen LogP contribution in [0.25, 0.3) is 0 Å². The number of nitrogens with one attached hydrogen (secondary N) is 1. The molecule has 0 heterocycles. The Bertz CT molecular complexity index is 175. The van der Waals surface area contributed by atoms with Crippen LogP contribution in [0.5, 0.6) is 0 Å². The fourth-order valence-electron chi connectivity index (χ4n) is 0.565. The summed E-state index contributed by atoms with van der Waals surface area (Å²) in [6.45, 7) is 10.5. The van der Waals surface area contributed by atoms with Crippen molar-refractivity contribution in [1.82, 2.24) is 5.32 Å². The minimum atomic E-state index is -0.172. The number of hydrogen-bond donors (Lipinski definition) is 1. The van der Waals surface area contributed by atoms with Crippen LogP contribution in [0.2, 0.25) is 0 Å². The second-order valence-corrected chi connectivity index (χ2v) is 2.50. The molecule has 0 atom stereocenters. The molecule has 1 N–H and O–H groups in total. The van der Waals surface area contributed by atoms with E-state index in [9.17, 15) is 4.79 Å². The minimum Gasteiger partial charge on any atom is -0.375 e. The van der Waals surface area contributed by atoms with E-state index in [-0.39, 0.29) is 5.91 Å². The van der Waals surface area contributed by atoms with Crippen LogP contribution in [0.4, 0.5) is 0 Å². The number of carbonyl (C=O) groups excluding carboxylic acids is 1. The molecule has 3 heteroatoms. The van der Waals surface area contributed by atoms with E-state index in [1.807, 2.05) is 6.92 Å². The van der Waals surface area contributed by atoms with Crippen LogP contribution in [0.15, 0.2) is 24.8 Å². The topological polar surface area (TPSA) is 38.3 Å². The Hall–Kier alpha value is -1.09. The van der Waals surface area contributed by atoms with Crippen LogP contribution in [-0.2, 0) is 9.53 Å². The summed E-state index contributed by atoms with van der Waals surface area (Å²) in [7, 11) is 0. The summed E-state index contributed by atoms with van der Waals surface area (Å²) in [4.78, 5) is 10.6. The van der Waals surface area contributed by atoms with Gasteiger partial charge in [-0.1, -0.05) is 18.7 Å². The zero-order valence-electron chi connectivity index (χ0n) is 7.43. The second-order valence-electron chi connectivity index (χ2n) is 2.50. The van der Waals surface area contributed by atoms with Crippen LogP contribution in [0.3, 0.4) is 0 Å². The lowest BCUT2D eigenvalue weighted by atomic mass is 10.4. The van der Waals surface area contributed by atoms with Gasteiger partial charge < -0.3 is 10.1 Å². The Morgan fingerprint density at radius 3 is 2.83 bits per heavy atom. The summed E-state index contributed by atoms with van der Waals surface area (Å²) >= 11 is 0. The van der Waals surface area contributed by atoms with Gasteiger partial charge in [-0.2, -0.15) is 0 Å². The summed E-state index contributed by atoms with van der Waals surface area (Å²) in [6.07, 6.45) is 1.23. The molecule has 0 fully saturated rings. The normalized spacial score (nSPS) is 9.08. The van der Waals surface area contributed by atoms with Crippen molar-refractivity contribution in [1.29, 1.82) is 0 Å². The standard InChI is InChI=1S/C9H15NO2/c1-4-9(11)10-5-6-12-7-8(2)3/h4H,1-2,5-7H2,3H3,(H,10,11). The van der Waals surface area contributed by atoms with Crippen molar-refractivity contribution in [2.24, 2.45) is 0 Å². The van der Waals surface area contributed by atoms with Crippen LogP contribution in [-0.4, -0.2) is 25.7 Å². The van der Waals surface area contributed by atoms with Gasteiger partial charge in [0.1, 0.15) is 0 Å². The van der Waals surface area contributed by atoms with Gasteiger partial charge in [-0.05, 0) is 13.0 Å². The third-order valence-corrected chi connectivity index (χ3v) is 1.08. The fourth-order valence-corrected chi connectivity index (χ4v) is 0.565. The molecule has 0 aromatic carbocycles. The highest BCUT2D eigenvalue weighted by Gasteiger charge is 1.92. The molecule has 0 aliphatic rings. The average Bonchev–Trinajstić information content (AvgIpc) is 2.03. The first-order valence-electron chi connectivity index (χ1n) is 3.79. The molecule has 12 heavy (non-hydrogen) atoms. The lowest BCUT2D eigenvalue weighted by molar-refractivity contribution is -0.116. The number of carbonyl (C=O) groups is 1. The second kappa shape index (κ2) is 6.61. The largest absolute Gasteiger partial charge is 0.375 e. The SMILES string of the molecule is C=CC(=O)NCCOCC(=C)C. The summed E-state index contributed by atoms with van der Waals surface area (Å²) in [5, 5.41) is 2.59. The van der Waals surface area contributed by atoms with Crippen LogP contribution < -0.4 is 5.32 Å². The monoisotopic (exact) mass is 169 g/mol. The summed E-state index contributed by atoms with van der Waals surface area (Å²) < 4.78 is 5.14. The minimum absolute atomic E-state index is 0.172. The number of rotatable bonds is 6. The smallest absolute Gasteiger partial charge is 0.243 e. The third kappa shape index (κ3) is 7.02. The van der Waals surface area contributed by atoms with Gasteiger partial charge in [-0.25, -0.2) is 0 Å². The molecule has 0 saturated carbocycles. The predicted molar refractivity (Wildman–Crippen MR) is 48.8 cm³/mol. The molecule has 3 nitrogen and oxygen atoms in total. The van der Waals surface area contributed by atoms with Crippen molar-refractivity contribution in [2.75, 3.05) is 19.8 Å². The van der Waals surface area contributed by atoms with E-state index >= 15 is 0 Å². The van der Waals surface area contributed by atoms with Crippen molar-refractivity contribution in [2.45, 2.75) is 6.92 Å². The molecule has 0 unspecified atom stereocenters. The molecule has 68 valence electrons. The number of hydrogen-bond acceptors (Lipinski definition) is 2. The maximum absolute atomic E-state index is 10.6. The van der Waals surface area contributed by atoms with E-state index in [2.05, 4.69) is 18.5 Å². The fraction of sp³-hybridized carbons (Fsp3) is 0.444. The van der Waals surface area contributed by atoms with Gasteiger partial charge in [0.2, 0.25) is 5.91 Å². The van der Waals surface area contributed by atoms with Crippen molar-refractivity contribution in [3.63, 3.8) is 0 Å². The molecule has 1 amide bonds. The predicted octanol–water partition coefficient (Wildman–Crippen LogP) is 0.881. The maximum atomic E-state index is 10.6. The quantitative estimate of drug-likeness (QED) is 0.364. The van der Waals surface area contributed by atoms with Crippen molar-refractivity contribution in [3.05, 3.63) is 24.8 Å². The van der Waals surface area contributed by atoms with Gasteiger partial charge in [0.05, 0.1) is 13.2 Å². The van der Waals surface area contributed by atoms with Crippen molar-refractivity contribution < 1.29 is 9.53 Å². The zero-order valence-corrected chi connectivity index (χ0v) is 7.43. The van der Waals surface area contributed by atoms with E-state index < -0.39 is 0 Å². The van der Waals surface area contributed by atoms with Crippen LogP contribution >= 0.6 is 0 Å². The van der Waals surface area contributed by atoms with E-state index in [0.29, 0.717) is 19.8 Å². The maximum Gasteiger partial charge on any atom is 0.243 e. The average molecular weight is 169 g/mol. The van der Waals surface area contributed by atoms with Gasteiger partial charge in [0, 0.05) is 6.54 Å². The molecule has 0 bridgehead atoms. The highest BCUT2D eigenvalue weighted by atomic mass is 16.5. The van der Waals surface area contributed by atoms with Gasteiger partial charge in [0.25, 0.3) is 0 Å². The summed E-state index contributed by atoms with van der Waals surface area (Å²) in [5.41, 5.74) is 0.977. The first kappa shape index (κ1) is 10.9. The Balaban J connectivity index is 3.16. The van der Waals surface area contributed by atoms with E-state index in [4.69, 9.17) is 4.74 Å². The van der Waals surface area contributed by atoms with Gasteiger partial charge in [-0.15, -0.1) is 0 Å². The molecule has 0 aromatic rings.